The zero-order valence-corrected chi connectivity index (χ0v) is 45.7. The molecule has 0 aliphatic rings. The third kappa shape index (κ3) is 56.3. The van der Waals surface area contributed by atoms with Crippen LogP contribution in [0.5, 0.6) is 0 Å². The lowest BCUT2D eigenvalue weighted by Gasteiger charge is -2.18. The Kier molecular flexibility index (Phi) is 54.5. The molecule has 0 N–H and O–H groups in total. The van der Waals surface area contributed by atoms with E-state index in [0.29, 0.717) is 12.8 Å². The van der Waals surface area contributed by atoms with Gasteiger partial charge in [-0.25, -0.2) is 0 Å². The van der Waals surface area contributed by atoms with Crippen molar-refractivity contribution >= 4 is 17.9 Å². The van der Waals surface area contributed by atoms with Gasteiger partial charge in [0.05, 0.1) is 0 Å². The Bertz CT molecular complexity index is 1550. The van der Waals surface area contributed by atoms with Crippen molar-refractivity contribution in [1.29, 1.82) is 0 Å². The van der Waals surface area contributed by atoms with Crippen LogP contribution in [0, 0.1) is 0 Å². The molecule has 0 spiro atoms. The summed E-state index contributed by atoms with van der Waals surface area (Å²) >= 11 is 0. The maximum atomic E-state index is 12.9. The second-order valence-electron chi connectivity index (χ2n) is 18.4. The normalized spacial score (nSPS) is 13.1. The maximum Gasteiger partial charge on any atom is 0.306 e. The van der Waals surface area contributed by atoms with Gasteiger partial charge in [0.1, 0.15) is 13.2 Å². The fourth-order valence-corrected chi connectivity index (χ4v) is 7.39. The minimum Gasteiger partial charge on any atom is -0.462 e. The fraction of sp³-hybridized carbons (Fsp3) is 0.615. The molecule has 0 amide bonds. The van der Waals surface area contributed by atoms with Crippen molar-refractivity contribution in [3.05, 3.63) is 134 Å². The van der Waals surface area contributed by atoms with Crippen molar-refractivity contribution in [1.82, 2.24) is 0 Å². The Labute approximate surface area is 436 Å². The van der Waals surface area contributed by atoms with E-state index >= 15 is 0 Å². The molecule has 71 heavy (non-hydrogen) atoms. The molecule has 400 valence electrons. The van der Waals surface area contributed by atoms with Gasteiger partial charge in [-0.3, -0.25) is 14.4 Å². The zero-order chi connectivity index (χ0) is 51.4. The first-order valence-electron chi connectivity index (χ1n) is 28.7. The molecule has 0 bridgehead atoms. The predicted molar refractivity (Wildman–Crippen MR) is 306 cm³/mol. The van der Waals surface area contributed by atoms with Gasteiger partial charge in [-0.05, 0) is 122 Å². The third-order valence-electron chi connectivity index (χ3n) is 11.6. The lowest BCUT2D eigenvalue weighted by molar-refractivity contribution is -0.166. The van der Waals surface area contributed by atoms with Gasteiger partial charge in [-0.2, -0.15) is 0 Å². The summed E-state index contributed by atoms with van der Waals surface area (Å²) in [5, 5.41) is 0. The molecular weight excluding hydrogens is 877 g/mol. The van der Waals surface area contributed by atoms with E-state index in [1.807, 2.05) is 12.2 Å². The van der Waals surface area contributed by atoms with Crippen LogP contribution in [0.15, 0.2) is 134 Å². The average Bonchev–Trinajstić information content (AvgIpc) is 3.37. The molecule has 0 saturated heterocycles. The zero-order valence-electron chi connectivity index (χ0n) is 45.7. The van der Waals surface area contributed by atoms with Crippen LogP contribution in [0.2, 0.25) is 0 Å². The lowest BCUT2D eigenvalue weighted by atomic mass is 10.1. The highest BCUT2D eigenvalue weighted by Crippen LogP contribution is 2.13. The number of hydrogen-bond acceptors (Lipinski definition) is 6. The number of hydrogen-bond donors (Lipinski definition) is 0. The molecule has 6 nitrogen and oxygen atoms in total. The molecule has 0 aromatic rings. The molecule has 0 aromatic carbocycles. The topological polar surface area (TPSA) is 78.9 Å². The molecule has 0 fully saturated rings. The highest BCUT2D eigenvalue weighted by molar-refractivity contribution is 5.71. The summed E-state index contributed by atoms with van der Waals surface area (Å²) in [5.74, 6) is -1.03. The van der Waals surface area contributed by atoms with Crippen molar-refractivity contribution in [2.24, 2.45) is 0 Å². The maximum absolute atomic E-state index is 12.9. The summed E-state index contributed by atoms with van der Waals surface area (Å²) in [6.45, 7) is 6.30. The van der Waals surface area contributed by atoms with E-state index in [0.717, 1.165) is 128 Å². The second-order valence-corrected chi connectivity index (χ2v) is 18.4. The molecule has 6 heteroatoms. The Morgan fingerprint density at radius 1 is 0.296 bits per heavy atom. The smallest absolute Gasteiger partial charge is 0.306 e. The van der Waals surface area contributed by atoms with Crippen LogP contribution in [0.3, 0.4) is 0 Å². The fourth-order valence-electron chi connectivity index (χ4n) is 7.39. The number of carbonyl (C=O) groups excluding carboxylic acids is 3. The van der Waals surface area contributed by atoms with Crippen molar-refractivity contribution in [2.75, 3.05) is 13.2 Å². The van der Waals surface area contributed by atoms with Gasteiger partial charge in [0.15, 0.2) is 6.10 Å². The molecular formula is C65H104O6. The minimum atomic E-state index is -0.826. The molecule has 1 unspecified atom stereocenters. The highest BCUT2D eigenvalue weighted by atomic mass is 16.6. The Balaban J connectivity index is 4.50. The first-order chi connectivity index (χ1) is 35.0. The lowest BCUT2D eigenvalue weighted by Crippen LogP contribution is -2.30. The summed E-state index contributed by atoms with van der Waals surface area (Å²) in [5.41, 5.74) is 0. The van der Waals surface area contributed by atoms with E-state index in [1.165, 1.54) is 64.2 Å². The van der Waals surface area contributed by atoms with E-state index in [2.05, 4.69) is 142 Å². The van der Waals surface area contributed by atoms with E-state index in [-0.39, 0.29) is 44.0 Å². The van der Waals surface area contributed by atoms with Crippen molar-refractivity contribution < 1.29 is 28.6 Å². The quantitative estimate of drug-likeness (QED) is 0.0262. The predicted octanol–water partition coefficient (Wildman–Crippen LogP) is 19.4. The summed E-state index contributed by atoms with van der Waals surface area (Å²) in [7, 11) is 0. The van der Waals surface area contributed by atoms with E-state index in [1.54, 1.807) is 0 Å². The van der Waals surface area contributed by atoms with Crippen LogP contribution in [-0.2, 0) is 28.6 Å². The summed E-state index contributed by atoms with van der Waals surface area (Å²) in [6, 6.07) is 0. The first kappa shape index (κ1) is 66.6. The SMILES string of the molecule is CC/C=C\C/C=C\C/C=C\C/C=C\CCCCCCCCC(=O)OC(COC(=O)CC/C=C\C/C=C\C/C=C\C/C=C\CC)COC(=O)CCCCCCCC/C=C\C/C=C\C/C=C\CCCCCCC. The van der Waals surface area contributed by atoms with Gasteiger partial charge >= 0.3 is 17.9 Å². The monoisotopic (exact) mass is 981 g/mol. The highest BCUT2D eigenvalue weighted by Gasteiger charge is 2.19. The largest absolute Gasteiger partial charge is 0.462 e. The second kappa shape index (κ2) is 58.1. The van der Waals surface area contributed by atoms with E-state index in [4.69, 9.17) is 14.2 Å². The number of allylic oxidation sites excluding steroid dienone is 22. The minimum absolute atomic E-state index is 0.117. The van der Waals surface area contributed by atoms with Crippen LogP contribution in [0.25, 0.3) is 0 Å². The van der Waals surface area contributed by atoms with Crippen LogP contribution in [0.1, 0.15) is 239 Å². The summed E-state index contributed by atoms with van der Waals surface area (Å²) in [4.78, 5) is 38.1. The molecule has 0 saturated carbocycles. The molecule has 0 aliphatic heterocycles. The number of unbranched alkanes of at least 4 members (excludes halogenated alkanes) is 17. The Morgan fingerprint density at radius 3 is 0.944 bits per heavy atom. The number of carbonyl (C=O) groups is 3. The standard InChI is InChI=1S/C65H104O6/c1-4-7-10-13-16-19-22-25-27-29-31-32-34-35-37-40-43-46-49-52-55-58-64(67)70-61-62(60-69-63(66)57-54-51-48-45-42-39-24-21-18-15-12-9-6-3)71-65(68)59-56-53-50-47-44-41-38-36-33-30-28-26-23-20-17-14-11-8-5-2/h8-9,11-12,17-18,20-22,25-26,28-29,31,33-36,39,42,48,51,62H,4-7,10,13-16,19,23-24,27,30,32,37-38,40-41,43-47,49-50,52-61H2,1-3H3/b11-8-,12-9-,20-17-,21-18-,25-22-,28-26-,31-29-,35-34-,36-33-,42-39-,51-48-. The molecule has 1 atom stereocenters. The van der Waals surface area contributed by atoms with Gasteiger partial charge in [-0.1, -0.05) is 231 Å². The van der Waals surface area contributed by atoms with Crippen LogP contribution >= 0.6 is 0 Å². The average molecular weight is 982 g/mol. The van der Waals surface area contributed by atoms with Gasteiger partial charge in [-0.15, -0.1) is 0 Å². The van der Waals surface area contributed by atoms with Crippen molar-refractivity contribution in [3.8, 4) is 0 Å². The molecule has 0 rings (SSSR count). The number of ether oxygens (including phenoxy) is 3. The van der Waals surface area contributed by atoms with E-state index in [9.17, 15) is 14.4 Å². The van der Waals surface area contributed by atoms with E-state index < -0.39 is 6.10 Å². The van der Waals surface area contributed by atoms with Crippen LogP contribution in [-0.4, -0.2) is 37.2 Å². The van der Waals surface area contributed by atoms with Gasteiger partial charge in [0.25, 0.3) is 0 Å². The summed E-state index contributed by atoms with van der Waals surface area (Å²) < 4.78 is 16.8. The van der Waals surface area contributed by atoms with Crippen molar-refractivity contribution in [2.45, 2.75) is 245 Å². The first-order valence-corrected chi connectivity index (χ1v) is 28.7. The Morgan fingerprint density at radius 2 is 0.577 bits per heavy atom. The summed E-state index contributed by atoms with van der Waals surface area (Å²) in [6.07, 6.45) is 81.7. The van der Waals surface area contributed by atoms with Gasteiger partial charge in [0.2, 0.25) is 0 Å². The van der Waals surface area contributed by atoms with Gasteiger partial charge < -0.3 is 14.2 Å². The molecule has 0 heterocycles. The molecule has 0 radical (unpaired) electrons. The van der Waals surface area contributed by atoms with Crippen LogP contribution in [0.4, 0.5) is 0 Å². The molecule has 0 aromatic heterocycles. The molecule has 0 aliphatic carbocycles. The number of esters is 3. The third-order valence-corrected chi connectivity index (χ3v) is 11.6. The number of rotatable bonds is 50. The van der Waals surface area contributed by atoms with Crippen molar-refractivity contribution in [3.63, 3.8) is 0 Å². The van der Waals surface area contributed by atoms with Crippen LogP contribution < -0.4 is 0 Å². The Hall–Kier alpha value is -4.45. The van der Waals surface area contributed by atoms with Gasteiger partial charge in [0, 0.05) is 19.3 Å².